The van der Waals surface area contributed by atoms with E-state index in [4.69, 9.17) is 16.0 Å². The lowest BCUT2D eigenvalue weighted by molar-refractivity contribution is 0.272. The number of nitrogens with two attached hydrogens (primary N) is 2. The summed E-state index contributed by atoms with van der Waals surface area (Å²) in [5, 5.41) is 0. The Kier molecular flexibility index (Phi) is 3.51. The Morgan fingerprint density at radius 1 is 1.33 bits per heavy atom. The fraction of sp³-hybridized carbons (Fsp3) is 0.250. The van der Waals surface area contributed by atoms with Crippen molar-refractivity contribution in [2.24, 2.45) is 0 Å². The predicted octanol–water partition coefficient (Wildman–Crippen LogP) is 0.213. The Morgan fingerprint density at radius 2 is 2.00 bits per heavy atom. The molecule has 0 aromatic heterocycles. The van der Waals surface area contributed by atoms with E-state index >= 15 is 0 Å². The molecule has 0 aliphatic rings. The Hall–Kier alpha value is -1.31. The number of hydrogen-bond acceptors (Lipinski definition) is 5. The van der Waals surface area contributed by atoms with Gasteiger partial charge in [0.25, 0.3) is 0 Å². The molecule has 6 nitrogen and oxygen atoms in total. The number of nitrogen functional groups attached to an aromatic ring is 2. The molecule has 0 unspecified atom stereocenters. The summed E-state index contributed by atoms with van der Waals surface area (Å²) in [4.78, 5) is 0. The van der Waals surface area contributed by atoms with Crippen LogP contribution in [0.1, 0.15) is 5.56 Å². The molecule has 0 radical (unpaired) electrons. The van der Waals surface area contributed by atoms with Crippen molar-refractivity contribution in [2.45, 2.75) is 6.42 Å². The van der Waals surface area contributed by atoms with E-state index in [1.807, 2.05) is 0 Å². The van der Waals surface area contributed by atoms with E-state index in [2.05, 4.69) is 4.18 Å². The Bertz CT molecular complexity index is 444. The van der Waals surface area contributed by atoms with Crippen molar-refractivity contribution in [3.05, 3.63) is 23.8 Å². The van der Waals surface area contributed by atoms with Crippen LogP contribution in [0.25, 0.3) is 0 Å². The molecular formula is C8H12N2O4S. The molecule has 0 fully saturated rings. The largest absolute Gasteiger partial charge is 0.399 e. The van der Waals surface area contributed by atoms with E-state index < -0.39 is 10.4 Å². The summed E-state index contributed by atoms with van der Waals surface area (Å²) in [6.45, 7) is -0.174. The number of benzene rings is 1. The molecule has 0 bridgehead atoms. The molecule has 1 aromatic rings. The Morgan fingerprint density at radius 3 is 2.60 bits per heavy atom. The molecule has 5 N–H and O–H groups in total. The van der Waals surface area contributed by atoms with Crippen LogP contribution in [-0.4, -0.2) is 19.6 Å². The highest BCUT2D eigenvalue weighted by molar-refractivity contribution is 7.80. The maximum Gasteiger partial charge on any atom is 0.397 e. The molecule has 0 amide bonds. The van der Waals surface area contributed by atoms with Gasteiger partial charge in [-0.2, -0.15) is 8.42 Å². The molecule has 0 aliphatic heterocycles. The van der Waals surface area contributed by atoms with Gasteiger partial charge in [0.1, 0.15) is 0 Å². The number of hydrogen-bond donors (Lipinski definition) is 3. The lowest BCUT2D eigenvalue weighted by Crippen LogP contribution is -2.08. The van der Waals surface area contributed by atoms with E-state index in [1.54, 1.807) is 18.2 Å². The maximum atomic E-state index is 10.3. The lowest BCUT2D eigenvalue weighted by Gasteiger charge is -2.05. The van der Waals surface area contributed by atoms with Gasteiger partial charge in [0.15, 0.2) is 0 Å². The molecule has 1 aromatic carbocycles. The van der Waals surface area contributed by atoms with Crippen LogP contribution in [0.15, 0.2) is 18.2 Å². The third kappa shape index (κ3) is 4.15. The summed E-state index contributed by atoms with van der Waals surface area (Å²) >= 11 is 0. The van der Waals surface area contributed by atoms with Crippen molar-refractivity contribution in [3.8, 4) is 0 Å². The first kappa shape index (κ1) is 11.8. The van der Waals surface area contributed by atoms with Gasteiger partial charge >= 0.3 is 10.4 Å². The average molecular weight is 232 g/mol. The normalized spacial score (nSPS) is 11.5. The van der Waals surface area contributed by atoms with Crippen molar-refractivity contribution in [1.29, 1.82) is 0 Å². The van der Waals surface area contributed by atoms with Crippen molar-refractivity contribution < 1.29 is 17.2 Å². The highest BCUT2D eigenvalue weighted by Crippen LogP contribution is 2.16. The summed E-state index contributed by atoms with van der Waals surface area (Å²) in [5.74, 6) is 0. The van der Waals surface area contributed by atoms with Crippen LogP contribution < -0.4 is 11.5 Å². The third-order valence-electron chi connectivity index (χ3n) is 1.77. The van der Waals surface area contributed by atoms with Gasteiger partial charge in [-0.1, -0.05) is 0 Å². The molecule has 15 heavy (non-hydrogen) atoms. The van der Waals surface area contributed by atoms with Gasteiger partial charge in [0, 0.05) is 11.4 Å². The highest BCUT2D eigenvalue weighted by Gasteiger charge is 2.05. The highest BCUT2D eigenvalue weighted by atomic mass is 32.3. The molecule has 7 heteroatoms. The SMILES string of the molecule is Nc1ccc(N)c(CCOS(=O)(=O)O)c1. The van der Waals surface area contributed by atoms with Crippen LogP contribution in [0.3, 0.4) is 0 Å². The zero-order valence-corrected chi connectivity index (χ0v) is 8.70. The zero-order chi connectivity index (χ0) is 11.5. The quantitative estimate of drug-likeness (QED) is 0.505. The van der Waals surface area contributed by atoms with Gasteiger partial charge in [-0.3, -0.25) is 4.55 Å². The molecule has 0 saturated heterocycles. The lowest BCUT2D eigenvalue weighted by atomic mass is 10.1. The molecule has 84 valence electrons. The molecule has 0 atom stereocenters. The van der Waals surface area contributed by atoms with Crippen molar-refractivity contribution in [3.63, 3.8) is 0 Å². The predicted molar refractivity (Wildman–Crippen MR) is 56.5 cm³/mol. The second-order valence-corrected chi connectivity index (χ2v) is 4.05. The molecule has 0 saturated carbocycles. The molecular weight excluding hydrogens is 220 g/mol. The summed E-state index contributed by atoms with van der Waals surface area (Å²) in [6, 6.07) is 4.89. The molecule has 1 rings (SSSR count). The van der Waals surface area contributed by atoms with Crippen LogP contribution in [0.2, 0.25) is 0 Å². The summed E-state index contributed by atoms with van der Waals surface area (Å²) in [7, 11) is -4.39. The number of rotatable bonds is 4. The zero-order valence-electron chi connectivity index (χ0n) is 7.88. The first-order chi connectivity index (χ1) is 6.88. The second-order valence-electron chi connectivity index (χ2n) is 2.96. The van der Waals surface area contributed by atoms with Gasteiger partial charge in [-0.15, -0.1) is 0 Å². The van der Waals surface area contributed by atoms with E-state index in [9.17, 15) is 8.42 Å². The van der Waals surface area contributed by atoms with E-state index in [-0.39, 0.29) is 13.0 Å². The number of anilines is 2. The van der Waals surface area contributed by atoms with Gasteiger partial charge < -0.3 is 11.5 Å². The minimum absolute atomic E-state index is 0.174. The monoisotopic (exact) mass is 232 g/mol. The van der Waals surface area contributed by atoms with Crippen LogP contribution in [0.4, 0.5) is 11.4 Å². The van der Waals surface area contributed by atoms with Crippen molar-refractivity contribution in [1.82, 2.24) is 0 Å². The summed E-state index contributed by atoms with van der Waals surface area (Å²) < 4.78 is 33.0. The summed E-state index contributed by atoms with van der Waals surface area (Å²) in [5.41, 5.74) is 12.9. The standard InChI is InChI=1S/C8H12N2O4S/c9-7-1-2-8(10)6(5-7)3-4-14-15(11,12)13/h1-2,5H,3-4,9-10H2,(H,11,12,13). The van der Waals surface area contributed by atoms with Gasteiger partial charge in [-0.25, -0.2) is 4.18 Å². The first-order valence-corrected chi connectivity index (χ1v) is 5.51. The van der Waals surface area contributed by atoms with Gasteiger partial charge in [0.05, 0.1) is 6.61 Å². The average Bonchev–Trinajstić information content (AvgIpc) is 2.09. The fourth-order valence-corrected chi connectivity index (χ4v) is 1.39. The van der Waals surface area contributed by atoms with E-state index in [0.717, 1.165) is 0 Å². The topological polar surface area (TPSA) is 116 Å². The van der Waals surface area contributed by atoms with Gasteiger partial charge in [0.2, 0.25) is 0 Å². The van der Waals surface area contributed by atoms with Gasteiger partial charge in [-0.05, 0) is 30.2 Å². The van der Waals surface area contributed by atoms with Crippen LogP contribution in [0.5, 0.6) is 0 Å². The minimum Gasteiger partial charge on any atom is -0.399 e. The minimum atomic E-state index is -4.39. The first-order valence-electron chi connectivity index (χ1n) is 4.14. The Labute approximate surface area is 87.8 Å². The third-order valence-corrected chi connectivity index (χ3v) is 2.24. The molecule has 0 spiro atoms. The molecule has 0 aliphatic carbocycles. The van der Waals surface area contributed by atoms with Crippen LogP contribution >= 0.6 is 0 Å². The van der Waals surface area contributed by atoms with Crippen molar-refractivity contribution >= 4 is 21.8 Å². The summed E-state index contributed by atoms with van der Waals surface area (Å²) in [6.07, 6.45) is 0.261. The van der Waals surface area contributed by atoms with E-state index in [1.165, 1.54) is 0 Å². The van der Waals surface area contributed by atoms with Crippen molar-refractivity contribution in [2.75, 3.05) is 18.1 Å². The fourth-order valence-electron chi connectivity index (χ4n) is 1.10. The Balaban J connectivity index is 2.61. The smallest absolute Gasteiger partial charge is 0.397 e. The van der Waals surface area contributed by atoms with Crippen LogP contribution in [0, 0.1) is 0 Å². The maximum absolute atomic E-state index is 10.3. The van der Waals surface area contributed by atoms with E-state index in [0.29, 0.717) is 16.9 Å². The molecule has 0 heterocycles. The van der Waals surface area contributed by atoms with Crippen LogP contribution in [-0.2, 0) is 21.0 Å². The second kappa shape index (κ2) is 4.47.